The van der Waals surface area contributed by atoms with Crippen molar-refractivity contribution >= 4 is 17.1 Å². The second-order valence-corrected chi connectivity index (χ2v) is 9.59. The van der Waals surface area contributed by atoms with Gasteiger partial charge in [-0.3, -0.25) is 9.59 Å². The van der Waals surface area contributed by atoms with E-state index in [9.17, 15) is 9.59 Å². The van der Waals surface area contributed by atoms with Crippen LogP contribution in [-0.4, -0.2) is 48.9 Å². The Labute approximate surface area is 204 Å². The maximum absolute atomic E-state index is 13.1. The molecule has 1 fully saturated rings. The molecule has 180 valence electrons. The van der Waals surface area contributed by atoms with Gasteiger partial charge in [-0.1, -0.05) is 64.9 Å². The van der Waals surface area contributed by atoms with Crippen molar-refractivity contribution in [2.24, 2.45) is 0 Å². The van der Waals surface area contributed by atoms with E-state index in [4.69, 9.17) is 4.98 Å². The molecule has 8 nitrogen and oxygen atoms in total. The predicted octanol–water partition coefficient (Wildman–Crippen LogP) is 3.69. The summed E-state index contributed by atoms with van der Waals surface area (Å²) < 4.78 is 1.68. The molecule has 35 heavy (non-hydrogen) atoms. The average Bonchev–Trinajstić information content (AvgIpc) is 3.28. The number of rotatable bonds is 5. The van der Waals surface area contributed by atoms with Gasteiger partial charge < -0.3 is 9.88 Å². The highest BCUT2D eigenvalue weighted by Gasteiger charge is 2.29. The summed E-state index contributed by atoms with van der Waals surface area (Å²) in [7, 11) is 0. The monoisotopic (exact) mass is 470 g/mol. The van der Waals surface area contributed by atoms with Crippen LogP contribution in [0.1, 0.15) is 59.7 Å². The van der Waals surface area contributed by atoms with Crippen molar-refractivity contribution in [1.29, 1.82) is 0 Å². The molecule has 0 saturated carbocycles. The van der Waals surface area contributed by atoms with E-state index >= 15 is 0 Å². The topological polar surface area (TPSA) is 96.8 Å². The number of aromatic amines is 1. The Morgan fingerprint density at radius 1 is 1.03 bits per heavy atom. The summed E-state index contributed by atoms with van der Waals surface area (Å²) in [5, 5.41) is 8.24. The second kappa shape index (κ2) is 9.44. The number of H-pyrrole nitrogens is 1. The molecule has 8 heteroatoms. The number of nitrogens with zero attached hydrogens (tertiary/aromatic N) is 5. The summed E-state index contributed by atoms with van der Waals surface area (Å²) in [6, 6.07) is 16.3. The van der Waals surface area contributed by atoms with Crippen molar-refractivity contribution in [2.45, 2.75) is 52.0 Å². The molecule has 4 aromatic rings. The Kier molecular flexibility index (Phi) is 6.19. The number of amides is 1. The van der Waals surface area contributed by atoms with Crippen LogP contribution >= 0.6 is 0 Å². The zero-order chi connectivity index (χ0) is 24.5. The third-order valence-electron chi connectivity index (χ3n) is 6.99. The van der Waals surface area contributed by atoms with E-state index in [-0.39, 0.29) is 28.8 Å². The molecular formula is C27H30N6O2. The summed E-state index contributed by atoms with van der Waals surface area (Å²) in [5.41, 5.74) is 4.95. The Balaban J connectivity index is 1.30. The van der Waals surface area contributed by atoms with E-state index in [1.54, 1.807) is 4.68 Å². The lowest BCUT2D eigenvalue weighted by Crippen LogP contribution is -2.40. The van der Waals surface area contributed by atoms with Gasteiger partial charge in [0.15, 0.2) is 11.2 Å². The van der Waals surface area contributed by atoms with E-state index < -0.39 is 0 Å². The number of piperidine rings is 1. The smallest absolute Gasteiger partial charge is 0.281 e. The third kappa shape index (κ3) is 4.73. The number of carbonyl (C=O) groups is 1. The average molecular weight is 471 g/mol. The standard InChI is InChI=1S/C27H30N6O2/c1-17-4-8-20(9-5-17)16-33-25-23(30-31-33)26(34)29-24(28-25)22-12-14-32(15-13-22)27(35)19(3)21-10-6-18(2)7-11-21/h4-11,19,22H,12-16H2,1-3H3,(H,28,29,34)/t19-/m1/s1. The fourth-order valence-corrected chi connectivity index (χ4v) is 4.69. The molecule has 0 spiro atoms. The maximum Gasteiger partial charge on any atom is 0.281 e. The molecule has 3 heterocycles. The number of carbonyl (C=O) groups excluding carboxylic acids is 1. The number of likely N-dealkylation sites (tertiary alicyclic amines) is 1. The van der Waals surface area contributed by atoms with Gasteiger partial charge in [0.05, 0.1) is 12.5 Å². The Hall–Kier alpha value is -3.81. The first-order chi connectivity index (χ1) is 16.9. The van der Waals surface area contributed by atoms with Crippen molar-refractivity contribution in [1.82, 2.24) is 29.9 Å². The third-order valence-corrected chi connectivity index (χ3v) is 6.99. The first-order valence-corrected chi connectivity index (χ1v) is 12.1. The van der Waals surface area contributed by atoms with Crippen LogP contribution in [0.15, 0.2) is 53.3 Å². The number of nitrogens with one attached hydrogen (secondary N) is 1. The zero-order valence-electron chi connectivity index (χ0n) is 20.4. The summed E-state index contributed by atoms with van der Waals surface area (Å²) in [4.78, 5) is 35.4. The number of benzene rings is 2. The molecule has 5 rings (SSSR count). The molecule has 0 radical (unpaired) electrons. The molecule has 0 aliphatic carbocycles. The predicted molar refractivity (Wildman–Crippen MR) is 134 cm³/mol. The SMILES string of the molecule is Cc1ccc(Cn2nnc3c(=O)[nH]c(C4CCN(C(=O)[C@H](C)c5ccc(C)cc5)CC4)nc32)cc1. The molecule has 1 atom stereocenters. The summed E-state index contributed by atoms with van der Waals surface area (Å²) in [6.45, 7) is 7.84. The summed E-state index contributed by atoms with van der Waals surface area (Å²) in [6.07, 6.45) is 1.50. The van der Waals surface area contributed by atoms with Crippen LogP contribution in [0, 0.1) is 13.8 Å². The highest BCUT2D eigenvalue weighted by Crippen LogP contribution is 2.28. The van der Waals surface area contributed by atoms with Crippen LogP contribution in [0.4, 0.5) is 0 Å². The van der Waals surface area contributed by atoms with Gasteiger partial charge in [0, 0.05) is 19.0 Å². The van der Waals surface area contributed by atoms with Gasteiger partial charge >= 0.3 is 0 Å². The summed E-state index contributed by atoms with van der Waals surface area (Å²) >= 11 is 0. The number of aromatic nitrogens is 5. The van der Waals surface area contributed by atoms with Gasteiger partial charge in [-0.05, 0) is 44.7 Å². The van der Waals surface area contributed by atoms with Gasteiger partial charge in [-0.2, -0.15) is 0 Å². The van der Waals surface area contributed by atoms with E-state index in [0.717, 1.165) is 24.0 Å². The van der Waals surface area contributed by atoms with Crippen molar-refractivity contribution in [2.75, 3.05) is 13.1 Å². The Bertz CT molecular complexity index is 1400. The highest BCUT2D eigenvalue weighted by atomic mass is 16.2. The number of hydrogen-bond acceptors (Lipinski definition) is 5. The fourth-order valence-electron chi connectivity index (χ4n) is 4.69. The maximum atomic E-state index is 13.1. The van der Waals surface area contributed by atoms with E-state index in [1.807, 2.05) is 62.1 Å². The van der Waals surface area contributed by atoms with E-state index in [0.29, 0.717) is 31.1 Å². The van der Waals surface area contributed by atoms with Crippen molar-refractivity contribution < 1.29 is 4.79 Å². The minimum Gasteiger partial charge on any atom is -0.342 e. The van der Waals surface area contributed by atoms with Crippen molar-refractivity contribution in [3.05, 3.63) is 87.0 Å². The van der Waals surface area contributed by atoms with Crippen molar-refractivity contribution in [3.63, 3.8) is 0 Å². The number of aryl methyl sites for hydroxylation is 2. The lowest BCUT2D eigenvalue weighted by atomic mass is 9.93. The van der Waals surface area contributed by atoms with Gasteiger partial charge in [-0.25, -0.2) is 9.67 Å². The molecule has 0 unspecified atom stereocenters. The van der Waals surface area contributed by atoms with Crippen LogP contribution in [0.25, 0.3) is 11.2 Å². The Morgan fingerprint density at radius 2 is 1.66 bits per heavy atom. The minimum absolute atomic E-state index is 0.0774. The fraction of sp³-hybridized carbons (Fsp3) is 0.370. The highest BCUT2D eigenvalue weighted by molar-refractivity contribution is 5.83. The molecule has 1 aliphatic heterocycles. The first-order valence-electron chi connectivity index (χ1n) is 12.1. The van der Waals surface area contributed by atoms with Crippen LogP contribution in [0.5, 0.6) is 0 Å². The molecule has 1 amide bonds. The van der Waals surface area contributed by atoms with Crippen LogP contribution in [-0.2, 0) is 11.3 Å². The van der Waals surface area contributed by atoms with E-state index in [1.165, 1.54) is 11.1 Å². The quantitative estimate of drug-likeness (QED) is 0.480. The van der Waals surface area contributed by atoms with Gasteiger partial charge in [0.2, 0.25) is 5.91 Å². The molecule has 0 bridgehead atoms. The molecule has 2 aromatic carbocycles. The molecule has 1 aliphatic rings. The molecule has 1 saturated heterocycles. The second-order valence-electron chi connectivity index (χ2n) is 9.59. The summed E-state index contributed by atoms with van der Waals surface area (Å²) in [5.74, 6) is 0.690. The van der Waals surface area contributed by atoms with Crippen LogP contribution in [0.3, 0.4) is 0 Å². The number of hydrogen-bond donors (Lipinski definition) is 1. The van der Waals surface area contributed by atoms with Gasteiger partial charge in [0.25, 0.3) is 5.56 Å². The van der Waals surface area contributed by atoms with Gasteiger partial charge in [-0.15, -0.1) is 5.10 Å². The first kappa shape index (κ1) is 23.0. The Morgan fingerprint density at radius 3 is 2.31 bits per heavy atom. The van der Waals surface area contributed by atoms with Crippen molar-refractivity contribution in [3.8, 4) is 0 Å². The van der Waals surface area contributed by atoms with E-state index in [2.05, 4.69) is 27.4 Å². The number of fused-ring (bicyclic) bond motifs is 1. The van der Waals surface area contributed by atoms with Crippen LogP contribution < -0.4 is 5.56 Å². The molecule has 1 N–H and O–H groups in total. The van der Waals surface area contributed by atoms with Crippen LogP contribution in [0.2, 0.25) is 0 Å². The molecule has 2 aromatic heterocycles. The normalized spacial score (nSPS) is 15.5. The zero-order valence-corrected chi connectivity index (χ0v) is 20.4. The lowest BCUT2D eigenvalue weighted by molar-refractivity contribution is -0.133. The van der Waals surface area contributed by atoms with Gasteiger partial charge in [0.1, 0.15) is 5.82 Å². The minimum atomic E-state index is -0.272. The largest absolute Gasteiger partial charge is 0.342 e. The molecular weight excluding hydrogens is 440 g/mol. The lowest BCUT2D eigenvalue weighted by Gasteiger charge is -2.33.